The Morgan fingerprint density at radius 2 is 1.97 bits per heavy atom. The van der Waals surface area contributed by atoms with Crippen molar-refractivity contribution in [3.63, 3.8) is 0 Å². The number of rotatable bonds is 11. The van der Waals surface area contributed by atoms with Crippen LogP contribution in [0.15, 0.2) is 42.5 Å². The number of methoxy groups -OCH3 is 2. The number of hydrogen-bond donors (Lipinski definition) is 1. The van der Waals surface area contributed by atoms with Gasteiger partial charge in [0, 0.05) is 24.3 Å². The monoisotopic (exact) mass is 523 g/mol. The fourth-order valence-corrected chi connectivity index (χ4v) is 4.68. The van der Waals surface area contributed by atoms with Crippen LogP contribution in [0.1, 0.15) is 51.6 Å². The van der Waals surface area contributed by atoms with Gasteiger partial charge in [0.25, 0.3) is 0 Å². The Balaban J connectivity index is 1.79. The van der Waals surface area contributed by atoms with E-state index in [1.165, 1.54) is 7.11 Å². The standard InChI is InChI=1S/C28H37N5O5/c1-6-28(2,3)29-27(35)25(20-12-9-15-23(36-4)26(20)37-5)32(17-19-11-10-16-38-19)24(34)18-33-22-14-8-7-13-21(22)30-31-33/h7-9,12-15,19,25H,6,10-11,16-18H2,1-5H3,(H,29,35)/t19-,25+/m1/s1. The molecule has 0 spiro atoms. The van der Waals surface area contributed by atoms with Gasteiger partial charge in [-0.05, 0) is 51.3 Å². The largest absolute Gasteiger partial charge is 0.493 e. The number of nitrogens with one attached hydrogen (secondary N) is 1. The van der Waals surface area contributed by atoms with Crippen molar-refractivity contribution in [2.24, 2.45) is 0 Å². The number of fused-ring (bicyclic) bond motifs is 1. The maximum absolute atomic E-state index is 14.1. The summed E-state index contributed by atoms with van der Waals surface area (Å²) in [5, 5.41) is 11.5. The Labute approximate surface area is 223 Å². The van der Waals surface area contributed by atoms with E-state index in [1.54, 1.807) is 34.9 Å². The lowest BCUT2D eigenvalue weighted by Gasteiger charge is -2.36. The number of carbonyl (C=O) groups is 2. The second-order valence-corrected chi connectivity index (χ2v) is 10.1. The van der Waals surface area contributed by atoms with Crippen molar-refractivity contribution in [3.8, 4) is 11.5 Å². The third kappa shape index (κ3) is 5.91. The van der Waals surface area contributed by atoms with Gasteiger partial charge >= 0.3 is 0 Å². The minimum atomic E-state index is -0.989. The lowest BCUT2D eigenvalue weighted by molar-refractivity contribution is -0.144. The van der Waals surface area contributed by atoms with Crippen LogP contribution < -0.4 is 14.8 Å². The highest BCUT2D eigenvalue weighted by molar-refractivity contribution is 5.90. The first kappa shape index (κ1) is 27.4. The minimum Gasteiger partial charge on any atom is -0.493 e. The second kappa shape index (κ2) is 11.8. The number of benzene rings is 2. The molecule has 1 aliphatic heterocycles. The number of amides is 2. The number of para-hydroxylation sites is 2. The predicted molar refractivity (Wildman–Crippen MR) is 143 cm³/mol. The average molecular weight is 524 g/mol. The van der Waals surface area contributed by atoms with E-state index < -0.39 is 11.6 Å². The van der Waals surface area contributed by atoms with Gasteiger partial charge in [0.15, 0.2) is 11.5 Å². The van der Waals surface area contributed by atoms with E-state index in [9.17, 15) is 9.59 Å². The summed E-state index contributed by atoms with van der Waals surface area (Å²) in [4.78, 5) is 29.7. The molecule has 2 heterocycles. The molecule has 1 fully saturated rings. The maximum atomic E-state index is 14.1. The fourth-order valence-electron chi connectivity index (χ4n) is 4.68. The highest BCUT2D eigenvalue weighted by atomic mass is 16.5. The van der Waals surface area contributed by atoms with Crippen molar-refractivity contribution in [1.29, 1.82) is 0 Å². The van der Waals surface area contributed by atoms with Gasteiger partial charge in [0.05, 0.1) is 25.8 Å². The highest BCUT2D eigenvalue weighted by Gasteiger charge is 2.38. The Bertz CT molecular complexity index is 1270. The molecule has 0 bridgehead atoms. The molecule has 0 unspecified atom stereocenters. The summed E-state index contributed by atoms with van der Waals surface area (Å²) in [6, 6.07) is 11.8. The van der Waals surface area contributed by atoms with Crippen molar-refractivity contribution in [2.45, 2.75) is 64.3 Å². The van der Waals surface area contributed by atoms with Crippen LogP contribution >= 0.6 is 0 Å². The lowest BCUT2D eigenvalue weighted by atomic mass is 9.97. The summed E-state index contributed by atoms with van der Waals surface area (Å²) >= 11 is 0. The number of ether oxygens (including phenoxy) is 3. The summed E-state index contributed by atoms with van der Waals surface area (Å²) in [6.45, 7) is 6.71. The zero-order valence-electron chi connectivity index (χ0n) is 22.8. The van der Waals surface area contributed by atoms with Crippen LogP contribution in [-0.2, 0) is 20.9 Å². The summed E-state index contributed by atoms with van der Waals surface area (Å²) in [6.07, 6.45) is 2.24. The first-order valence-corrected chi connectivity index (χ1v) is 13.0. The van der Waals surface area contributed by atoms with Gasteiger partial charge in [-0.3, -0.25) is 9.59 Å². The molecule has 0 radical (unpaired) electrons. The average Bonchev–Trinajstić information content (AvgIpc) is 3.58. The van der Waals surface area contributed by atoms with Gasteiger partial charge in [0.2, 0.25) is 11.8 Å². The molecule has 2 aromatic carbocycles. The van der Waals surface area contributed by atoms with Crippen molar-refractivity contribution in [1.82, 2.24) is 25.2 Å². The molecular weight excluding hydrogens is 486 g/mol. The van der Waals surface area contributed by atoms with Gasteiger partial charge < -0.3 is 24.4 Å². The smallest absolute Gasteiger partial charge is 0.248 e. The summed E-state index contributed by atoms with van der Waals surface area (Å²) in [5.41, 5.74) is 1.48. The number of carbonyl (C=O) groups excluding carboxylic acids is 2. The van der Waals surface area contributed by atoms with Gasteiger partial charge in [0.1, 0.15) is 18.1 Å². The molecule has 204 valence electrons. The van der Waals surface area contributed by atoms with E-state index in [1.807, 2.05) is 45.0 Å². The molecule has 38 heavy (non-hydrogen) atoms. The molecule has 2 atom stereocenters. The summed E-state index contributed by atoms with van der Waals surface area (Å²) in [7, 11) is 3.07. The third-order valence-corrected chi connectivity index (χ3v) is 7.08. The van der Waals surface area contributed by atoms with Crippen LogP contribution in [0, 0.1) is 0 Å². The lowest BCUT2D eigenvalue weighted by Crippen LogP contribution is -2.52. The molecule has 4 rings (SSSR count). The van der Waals surface area contributed by atoms with E-state index in [2.05, 4.69) is 15.6 Å². The first-order valence-electron chi connectivity index (χ1n) is 13.0. The topological polar surface area (TPSA) is 108 Å². The second-order valence-electron chi connectivity index (χ2n) is 10.1. The molecule has 0 aliphatic carbocycles. The van der Waals surface area contributed by atoms with Crippen molar-refractivity contribution in [3.05, 3.63) is 48.0 Å². The van der Waals surface area contributed by atoms with Gasteiger partial charge in [-0.15, -0.1) is 5.10 Å². The molecule has 1 N–H and O–H groups in total. The SMILES string of the molecule is CCC(C)(C)NC(=O)[C@H](c1cccc(OC)c1OC)N(C[C@H]1CCCO1)C(=O)Cn1nnc2ccccc21. The van der Waals surface area contributed by atoms with Crippen LogP contribution in [0.2, 0.25) is 0 Å². The molecule has 1 aromatic heterocycles. The van der Waals surface area contributed by atoms with Crippen LogP contribution in [0.5, 0.6) is 11.5 Å². The van der Waals surface area contributed by atoms with E-state index in [0.717, 1.165) is 18.4 Å². The normalized spacial score (nSPS) is 16.3. The molecule has 3 aromatic rings. The Kier molecular flexibility index (Phi) is 8.51. The zero-order chi connectivity index (χ0) is 27.3. The Hall–Kier alpha value is -3.66. The minimum absolute atomic E-state index is 0.0829. The van der Waals surface area contributed by atoms with Crippen molar-refractivity contribution < 1.29 is 23.8 Å². The van der Waals surface area contributed by atoms with Gasteiger partial charge in [-0.25, -0.2) is 4.68 Å². The number of aromatic nitrogens is 3. The van der Waals surface area contributed by atoms with E-state index in [4.69, 9.17) is 14.2 Å². The Morgan fingerprint density at radius 3 is 2.66 bits per heavy atom. The molecule has 10 nitrogen and oxygen atoms in total. The van der Waals surface area contributed by atoms with Crippen molar-refractivity contribution >= 4 is 22.8 Å². The summed E-state index contributed by atoms with van der Waals surface area (Å²) < 4.78 is 18.7. The maximum Gasteiger partial charge on any atom is 0.248 e. The van der Waals surface area contributed by atoms with Gasteiger partial charge in [-0.2, -0.15) is 0 Å². The number of nitrogens with zero attached hydrogens (tertiary/aromatic N) is 4. The highest BCUT2D eigenvalue weighted by Crippen LogP contribution is 2.38. The first-order chi connectivity index (χ1) is 18.3. The molecular formula is C28H37N5O5. The molecule has 1 aliphatic rings. The van der Waals surface area contributed by atoms with Crippen LogP contribution in [0.4, 0.5) is 0 Å². The predicted octanol–water partition coefficient (Wildman–Crippen LogP) is 3.50. The third-order valence-electron chi connectivity index (χ3n) is 7.08. The van der Waals surface area contributed by atoms with E-state index in [0.29, 0.717) is 35.6 Å². The van der Waals surface area contributed by atoms with E-state index in [-0.39, 0.29) is 31.0 Å². The molecule has 1 saturated heterocycles. The molecule has 10 heteroatoms. The van der Waals surface area contributed by atoms with Crippen LogP contribution in [-0.4, -0.2) is 70.7 Å². The van der Waals surface area contributed by atoms with Crippen molar-refractivity contribution in [2.75, 3.05) is 27.4 Å². The van der Waals surface area contributed by atoms with E-state index >= 15 is 0 Å². The van der Waals surface area contributed by atoms with Gasteiger partial charge in [-0.1, -0.05) is 36.4 Å². The number of hydrogen-bond acceptors (Lipinski definition) is 7. The Morgan fingerprint density at radius 1 is 1.18 bits per heavy atom. The van der Waals surface area contributed by atoms with Crippen LogP contribution in [0.25, 0.3) is 11.0 Å². The van der Waals surface area contributed by atoms with Crippen LogP contribution in [0.3, 0.4) is 0 Å². The quantitative estimate of drug-likeness (QED) is 0.410. The zero-order valence-corrected chi connectivity index (χ0v) is 22.8. The summed E-state index contributed by atoms with van der Waals surface area (Å²) in [5.74, 6) is 0.291. The fraction of sp³-hybridized carbons (Fsp3) is 0.500. The molecule has 0 saturated carbocycles. The molecule has 2 amide bonds.